The highest BCUT2D eigenvalue weighted by atomic mass is 19.1. The van der Waals surface area contributed by atoms with Gasteiger partial charge in [0.15, 0.2) is 0 Å². The molecule has 0 radical (unpaired) electrons. The van der Waals surface area contributed by atoms with E-state index in [-0.39, 0.29) is 11.9 Å². The number of hydrogen-bond donors (Lipinski definition) is 2. The average molecular weight is 222 g/mol. The van der Waals surface area contributed by atoms with Crippen LogP contribution >= 0.6 is 0 Å². The maximum atomic E-state index is 13.1. The number of benzene rings is 1. The first-order valence-corrected chi connectivity index (χ1v) is 5.95. The van der Waals surface area contributed by atoms with Crippen LogP contribution in [0, 0.1) is 12.7 Å². The summed E-state index contributed by atoms with van der Waals surface area (Å²) in [6, 6.07) is 5.68. The maximum Gasteiger partial charge on any atom is 0.126 e. The Morgan fingerprint density at radius 3 is 2.75 bits per heavy atom. The third kappa shape index (κ3) is 2.53. The molecule has 1 aromatic carbocycles. The lowest BCUT2D eigenvalue weighted by Gasteiger charge is -2.30. The van der Waals surface area contributed by atoms with Gasteiger partial charge in [0.25, 0.3) is 0 Å². The number of halogens is 1. The Hall–Kier alpha value is -1.09. The zero-order chi connectivity index (χ0) is 11.5. The minimum Gasteiger partial charge on any atom is -0.381 e. The molecule has 16 heavy (non-hydrogen) atoms. The molecular weight excluding hydrogens is 203 g/mol. The van der Waals surface area contributed by atoms with Crippen LogP contribution in [-0.2, 0) is 0 Å². The summed E-state index contributed by atoms with van der Waals surface area (Å²) in [7, 11) is 0. The van der Waals surface area contributed by atoms with Crippen molar-refractivity contribution < 1.29 is 4.39 Å². The molecule has 1 saturated carbocycles. The van der Waals surface area contributed by atoms with E-state index in [4.69, 9.17) is 5.73 Å². The molecule has 2 atom stereocenters. The average Bonchev–Trinajstić information content (AvgIpc) is 2.27. The molecule has 1 aliphatic rings. The van der Waals surface area contributed by atoms with E-state index in [0.717, 1.165) is 18.5 Å². The van der Waals surface area contributed by atoms with E-state index in [0.29, 0.717) is 11.6 Å². The first-order valence-electron chi connectivity index (χ1n) is 5.95. The molecule has 0 heterocycles. The van der Waals surface area contributed by atoms with Crippen molar-refractivity contribution in [1.29, 1.82) is 0 Å². The van der Waals surface area contributed by atoms with Gasteiger partial charge in [-0.05, 0) is 43.5 Å². The van der Waals surface area contributed by atoms with Gasteiger partial charge in [-0.3, -0.25) is 0 Å². The first kappa shape index (κ1) is 11.4. The lowest BCUT2D eigenvalue weighted by Crippen LogP contribution is -2.42. The summed E-state index contributed by atoms with van der Waals surface area (Å²) in [6.45, 7) is 1.78. The van der Waals surface area contributed by atoms with Gasteiger partial charge in [-0.1, -0.05) is 12.8 Å². The Labute approximate surface area is 96.0 Å². The summed E-state index contributed by atoms with van der Waals surface area (Å²) >= 11 is 0. The van der Waals surface area contributed by atoms with Crippen molar-refractivity contribution in [1.82, 2.24) is 0 Å². The summed E-state index contributed by atoms with van der Waals surface area (Å²) in [4.78, 5) is 0. The molecule has 88 valence electrons. The van der Waals surface area contributed by atoms with Crippen LogP contribution in [0.3, 0.4) is 0 Å². The molecule has 2 unspecified atom stereocenters. The highest BCUT2D eigenvalue weighted by molar-refractivity contribution is 5.47. The van der Waals surface area contributed by atoms with Gasteiger partial charge in [0.1, 0.15) is 5.82 Å². The third-order valence-electron chi connectivity index (χ3n) is 3.33. The van der Waals surface area contributed by atoms with E-state index in [1.54, 1.807) is 13.0 Å². The third-order valence-corrected chi connectivity index (χ3v) is 3.33. The van der Waals surface area contributed by atoms with Crippen LogP contribution in [0.25, 0.3) is 0 Å². The standard InChI is InChI=1S/C13H19FN2/c1-9-8-10(6-7-11(9)14)16-13-5-3-2-4-12(13)15/h6-8,12-13,16H,2-5,15H2,1H3. The van der Waals surface area contributed by atoms with Gasteiger partial charge in [-0.2, -0.15) is 0 Å². The second-order valence-electron chi connectivity index (χ2n) is 4.66. The second kappa shape index (κ2) is 4.83. The quantitative estimate of drug-likeness (QED) is 0.807. The van der Waals surface area contributed by atoms with Crippen molar-refractivity contribution in [2.75, 3.05) is 5.32 Å². The van der Waals surface area contributed by atoms with Gasteiger partial charge in [-0.15, -0.1) is 0 Å². The Bertz CT molecular complexity index is 365. The van der Waals surface area contributed by atoms with E-state index in [1.165, 1.54) is 18.9 Å². The SMILES string of the molecule is Cc1cc(NC2CCCCC2N)ccc1F. The van der Waals surface area contributed by atoms with Gasteiger partial charge in [0.05, 0.1) is 0 Å². The predicted octanol–water partition coefficient (Wildman–Crippen LogP) is 2.82. The fourth-order valence-corrected chi connectivity index (χ4v) is 2.29. The molecule has 1 fully saturated rings. The smallest absolute Gasteiger partial charge is 0.126 e. The summed E-state index contributed by atoms with van der Waals surface area (Å²) in [5, 5.41) is 3.41. The van der Waals surface area contributed by atoms with E-state index < -0.39 is 0 Å². The molecular formula is C13H19FN2. The lowest BCUT2D eigenvalue weighted by molar-refractivity contribution is 0.404. The van der Waals surface area contributed by atoms with Crippen molar-refractivity contribution in [3.8, 4) is 0 Å². The van der Waals surface area contributed by atoms with Crippen molar-refractivity contribution in [3.63, 3.8) is 0 Å². The fraction of sp³-hybridized carbons (Fsp3) is 0.538. The first-order chi connectivity index (χ1) is 7.66. The number of nitrogens with two attached hydrogens (primary N) is 1. The van der Waals surface area contributed by atoms with E-state index >= 15 is 0 Å². The molecule has 2 nitrogen and oxygen atoms in total. The molecule has 0 bridgehead atoms. The maximum absolute atomic E-state index is 13.1. The van der Waals surface area contributed by atoms with Crippen molar-refractivity contribution in [2.45, 2.75) is 44.7 Å². The van der Waals surface area contributed by atoms with Crippen LogP contribution in [0.1, 0.15) is 31.2 Å². The molecule has 1 aromatic rings. The highest BCUT2D eigenvalue weighted by Crippen LogP contribution is 2.22. The van der Waals surface area contributed by atoms with Gasteiger partial charge >= 0.3 is 0 Å². The summed E-state index contributed by atoms with van der Waals surface area (Å²) in [5.41, 5.74) is 7.71. The molecule has 0 aromatic heterocycles. The minimum absolute atomic E-state index is 0.154. The zero-order valence-corrected chi connectivity index (χ0v) is 9.67. The topological polar surface area (TPSA) is 38.0 Å². The fourth-order valence-electron chi connectivity index (χ4n) is 2.29. The lowest BCUT2D eigenvalue weighted by atomic mass is 9.91. The Balaban J connectivity index is 2.05. The van der Waals surface area contributed by atoms with Crippen LogP contribution in [0.15, 0.2) is 18.2 Å². The van der Waals surface area contributed by atoms with E-state index in [2.05, 4.69) is 5.32 Å². The van der Waals surface area contributed by atoms with Crippen molar-refractivity contribution >= 4 is 5.69 Å². The van der Waals surface area contributed by atoms with Gasteiger partial charge in [-0.25, -0.2) is 4.39 Å². The molecule has 0 amide bonds. The molecule has 0 saturated heterocycles. The number of anilines is 1. The molecule has 0 aliphatic heterocycles. The van der Waals surface area contributed by atoms with E-state index in [1.807, 2.05) is 6.07 Å². The zero-order valence-electron chi connectivity index (χ0n) is 9.67. The summed E-state index contributed by atoms with van der Waals surface area (Å²) in [6.07, 6.45) is 4.64. The van der Waals surface area contributed by atoms with Crippen LogP contribution in [-0.4, -0.2) is 12.1 Å². The van der Waals surface area contributed by atoms with Crippen molar-refractivity contribution in [3.05, 3.63) is 29.6 Å². The predicted molar refractivity (Wildman–Crippen MR) is 65.0 cm³/mol. The van der Waals surface area contributed by atoms with Gasteiger partial charge in [0, 0.05) is 17.8 Å². The Morgan fingerprint density at radius 2 is 2.06 bits per heavy atom. The van der Waals surface area contributed by atoms with Crippen LogP contribution in [0.4, 0.5) is 10.1 Å². The van der Waals surface area contributed by atoms with Gasteiger partial charge in [0.2, 0.25) is 0 Å². The second-order valence-corrected chi connectivity index (χ2v) is 4.66. The number of rotatable bonds is 2. The van der Waals surface area contributed by atoms with Crippen LogP contribution in [0.5, 0.6) is 0 Å². The minimum atomic E-state index is -0.154. The molecule has 1 aliphatic carbocycles. The number of nitrogens with one attached hydrogen (secondary N) is 1. The summed E-state index contributed by atoms with van der Waals surface area (Å²) in [5.74, 6) is -0.154. The summed E-state index contributed by atoms with van der Waals surface area (Å²) < 4.78 is 13.1. The van der Waals surface area contributed by atoms with Crippen LogP contribution < -0.4 is 11.1 Å². The van der Waals surface area contributed by atoms with Crippen molar-refractivity contribution in [2.24, 2.45) is 5.73 Å². The molecule has 2 rings (SSSR count). The number of aryl methyl sites for hydroxylation is 1. The molecule has 3 N–H and O–H groups in total. The highest BCUT2D eigenvalue weighted by Gasteiger charge is 2.21. The number of hydrogen-bond acceptors (Lipinski definition) is 2. The normalized spacial score (nSPS) is 25.4. The molecule has 0 spiro atoms. The Kier molecular flexibility index (Phi) is 3.44. The van der Waals surface area contributed by atoms with Gasteiger partial charge < -0.3 is 11.1 Å². The largest absolute Gasteiger partial charge is 0.381 e. The monoisotopic (exact) mass is 222 g/mol. The Morgan fingerprint density at radius 1 is 1.31 bits per heavy atom. The molecule has 3 heteroatoms. The van der Waals surface area contributed by atoms with E-state index in [9.17, 15) is 4.39 Å². The van der Waals surface area contributed by atoms with Crippen LogP contribution in [0.2, 0.25) is 0 Å².